The largest absolute Gasteiger partial charge is 0.261 e. The van der Waals surface area contributed by atoms with E-state index in [1.54, 1.807) is 6.20 Å². The van der Waals surface area contributed by atoms with Gasteiger partial charge in [-0.3, -0.25) is 4.99 Å². The molecule has 0 spiro atoms. The van der Waals surface area contributed by atoms with Crippen molar-refractivity contribution >= 4 is 26.7 Å². The van der Waals surface area contributed by atoms with Crippen LogP contribution in [0.3, 0.4) is 0 Å². The molecule has 3 heteroatoms. The van der Waals surface area contributed by atoms with Crippen molar-refractivity contribution in [3.05, 3.63) is 11.1 Å². The number of hydrogen-bond acceptors (Lipinski definition) is 2. The molecule has 0 bridgehead atoms. The molecule has 1 unspecified atom stereocenters. The third-order valence-corrected chi connectivity index (χ3v) is 1.78. The van der Waals surface area contributed by atoms with Crippen molar-refractivity contribution in [2.45, 2.75) is 41.5 Å². The van der Waals surface area contributed by atoms with Crippen LogP contribution in [0.1, 0.15) is 41.5 Å². The monoisotopic (exact) mass is 221 g/mol. The van der Waals surface area contributed by atoms with Crippen LogP contribution in [0.5, 0.6) is 0 Å². The summed E-state index contributed by atoms with van der Waals surface area (Å²) >= 11 is 4.07. The molecule has 0 N–H and O–H groups in total. The number of allylic oxidation sites excluding steroid dienone is 1. The Kier molecular flexibility index (Phi) is 21.3. The summed E-state index contributed by atoms with van der Waals surface area (Å²) in [7, 11) is 0.803. The summed E-state index contributed by atoms with van der Waals surface area (Å²) < 4.78 is 0. The minimum absolute atomic E-state index is 0. The van der Waals surface area contributed by atoms with E-state index in [9.17, 15) is 0 Å². The number of hydrogen-bond donors (Lipinski definition) is 1. The van der Waals surface area contributed by atoms with Gasteiger partial charge in [-0.05, 0) is 25.4 Å². The summed E-state index contributed by atoms with van der Waals surface area (Å²) in [5, 5.41) is 0. The van der Waals surface area contributed by atoms with E-state index >= 15 is 0 Å². The van der Waals surface area contributed by atoms with Gasteiger partial charge < -0.3 is 0 Å². The van der Waals surface area contributed by atoms with Gasteiger partial charge in [-0.2, -0.15) is 0 Å². The molecule has 0 aromatic heterocycles. The Morgan fingerprint density at radius 2 is 1.77 bits per heavy atom. The Morgan fingerprint density at radius 1 is 1.38 bits per heavy atom. The number of rotatable bonds is 2. The van der Waals surface area contributed by atoms with Gasteiger partial charge in [0.25, 0.3) is 0 Å². The van der Waals surface area contributed by atoms with Gasteiger partial charge in [0.1, 0.15) is 0 Å². The van der Waals surface area contributed by atoms with Crippen molar-refractivity contribution in [3.8, 4) is 0 Å². The standard InChI is InChI=1S/C6H12NPS.C3H8.CH4/c1-5(9)4-7-6(2)8-3;1-3-2;/h4,8-9H,1-3H3;3H2,1-2H3;1H4/b5-4+,7-6?;;. The zero-order valence-corrected chi connectivity index (χ0v) is 10.6. The van der Waals surface area contributed by atoms with Crippen molar-refractivity contribution < 1.29 is 0 Å². The third kappa shape index (κ3) is 24.5. The Labute approximate surface area is 91.3 Å². The molecular weight excluding hydrogens is 197 g/mol. The average molecular weight is 221 g/mol. The van der Waals surface area contributed by atoms with Crippen molar-refractivity contribution in [1.29, 1.82) is 0 Å². The van der Waals surface area contributed by atoms with Crippen LogP contribution in [0.15, 0.2) is 16.1 Å². The molecule has 13 heavy (non-hydrogen) atoms. The van der Waals surface area contributed by atoms with E-state index in [2.05, 4.69) is 38.1 Å². The molecule has 80 valence electrons. The maximum Gasteiger partial charge on any atom is 0.0361 e. The maximum absolute atomic E-state index is 4.13. The third-order valence-electron chi connectivity index (χ3n) is 0.807. The van der Waals surface area contributed by atoms with Gasteiger partial charge in [0.15, 0.2) is 0 Å². The van der Waals surface area contributed by atoms with E-state index in [1.165, 1.54) is 11.9 Å². The normalized spacial score (nSPS) is 12.2. The molecule has 0 rings (SSSR count). The number of thiol groups is 1. The molecule has 0 aliphatic heterocycles. The second kappa shape index (κ2) is 14.7. The predicted octanol–water partition coefficient (Wildman–Crippen LogP) is 4.56. The van der Waals surface area contributed by atoms with Crippen LogP contribution in [0.2, 0.25) is 0 Å². The zero-order valence-electron chi connectivity index (χ0n) is 8.68. The van der Waals surface area contributed by atoms with Crippen LogP contribution >= 0.6 is 21.2 Å². The topological polar surface area (TPSA) is 12.4 Å². The van der Waals surface area contributed by atoms with E-state index in [-0.39, 0.29) is 7.43 Å². The Hall–Kier alpha value is 0.190. The molecule has 0 aromatic rings. The lowest BCUT2D eigenvalue weighted by atomic mass is 10.6. The lowest BCUT2D eigenvalue weighted by Gasteiger charge is -1.89. The molecule has 0 aliphatic carbocycles. The molecule has 0 radical (unpaired) electrons. The molecule has 1 nitrogen and oxygen atoms in total. The van der Waals surface area contributed by atoms with Crippen LogP contribution in [-0.4, -0.2) is 12.1 Å². The minimum Gasteiger partial charge on any atom is -0.261 e. The molecule has 0 aliphatic rings. The van der Waals surface area contributed by atoms with Crippen LogP contribution < -0.4 is 0 Å². The highest BCUT2D eigenvalue weighted by Crippen LogP contribution is 2.06. The molecule has 0 amide bonds. The van der Waals surface area contributed by atoms with Gasteiger partial charge in [0, 0.05) is 11.7 Å². The van der Waals surface area contributed by atoms with Gasteiger partial charge in [-0.25, -0.2) is 0 Å². The minimum atomic E-state index is 0. The van der Waals surface area contributed by atoms with Crippen molar-refractivity contribution in [1.82, 2.24) is 0 Å². The molecule has 1 atom stereocenters. The Balaban J connectivity index is -0.000000220. The van der Waals surface area contributed by atoms with Crippen molar-refractivity contribution in [2.24, 2.45) is 4.99 Å². The van der Waals surface area contributed by atoms with E-state index in [0.717, 1.165) is 13.5 Å². The quantitative estimate of drug-likeness (QED) is 0.399. The van der Waals surface area contributed by atoms with Gasteiger partial charge in [-0.15, -0.1) is 12.6 Å². The zero-order chi connectivity index (χ0) is 9.98. The number of nitrogens with zero attached hydrogens (tertiary/aromatic N) is 1. The second-order valence-corrected chi connectivity index (χ2v) is 4.37. The first-order valence-electron chi connectivity index (χ1n) is 4.16. The van der Waals surface area contributed by atoms with Crippen LogP contribution in [-0.2, 0) is 0 Å². The molecule has 0 saturated heterocycles. The first-order valence-corrected chi connectivity index (χ1v) is 6.11. The van der Waals surface area contributed by atoms with Gasteiger partial charge in [-0.1, -0.05) is 36.3 Å². The predicted molar refractivity (Wildman–Crippen MR) is 72.8 cm³/mol. The van der Waals surface area contributed by atoms with Crippen molar-refractivity contribution in [2.75, 3.05) is 6.66 Å². The highest BCUT2D eigenvalue weighted by Gasteiger charge is 1.80. The van der Waals surface area contributed by atoms with Crippen LogP contribution in [0.25, 0.3) is 0 Å². The van der Waals surface area contributed by atoms with E-state index in [4.69, 9.17) is 0 Å². The summed E-state index contributed by atoms with van der Waals surface area (Å²) in [6.45, 7) is 10.3. The van der Waals surface area contributed by atoms with E-state index in [0.29, 0.717) is 0 Å². The lowest BCUT2D eigenvalue weighted by molar-refractivity contribution is 1.09. The first-order chi connectivity index (χ1) is 5.58. The summed E-state index contributed by atoms with van der Waals surface area (Å²) in [4.78, 5) is 5.08. The van der Waals surface area contributed by atoms with Gasteiger partial charge in [0.2, 0.25) is 0 Å². The average Bonchev–Trinajstić information content (AvgIpc) is 2.01. The first kappa shape index (κ1) is 18.9. The maximum atomic E-state index is 4.13. The fourth-order valence-corrected chi connectivity index (χ4v) is 0.506. The summed E-state index contributed by atoms with van der Waals surface area (Å²) in [6, 6.07) is 0. The molecule has 0 aromatic carbocycles. The Bertz CT molecular complexity index is 149. The smallest absolute Gasteiger partial charge is 0.0361 e. The van der Waals surface area contributed by atoms with Crippen molar-refractivity contribution in [3.63, 3.8) is 0 Å². The highest BCUT2D eigenvalue weighted by molar-refractivity contribution is 7.84. The summed E-state index contributed by atoms with van der Waals surface area (Å²) in [5.74, 6) is 0. The molecule has 0 heterocycles. The van der Waals surface area contributed by atoms with Crippen LogP contribution in [0, 0.1) is 0 Å². The SMILES string of the molecule is C.CCC.CPC(C)=N/C=C(\C)S. The molecule has 0 fully saturated rings. The van der Waals surface area contributed by atoms with E-state index in [1.807, 2.05) is 13.8 Å². The highest BCUT2D eigenvalue weighted by atomic mass is 32.1. The lowest BCUT2D eigenvalue weighted by Crippen LogP contribution is -1.74. The fourth-order valence-electron chi connectivity index (χ4n) is 0.255. The molecule has 0 saturated carbocycles. The van der Waals surface area contributed by atoms with Gasteiger partial charge in [0.05, 0.1) is 0 Å². The number of aliphatic imine (C=N–C) groups is 1. The summed E-state index contributed by atoms with van der Waals surface area (Å²) in [6.07, 6.45) is 3.02. The van der Waals surface area contributed by atoms with Crippen LogP contribution in [0.4, 0.5) is 0 Å². The second-order valence-electron chi connectivity index (χ2n) is 2.44. The summed E-state index contributed by atoms with van der Waals surface area (Å²) in [5.41, 5.74) is 1.17. The fraction of sp³-hybridized carbons (Fsp3) is 0.700. The van der Waals surface area contributed by atoms with E-state index < -0.39 is 0 Å². The Morgan fingerprint density at radius 3 is 2.00 bits per heavy atom. The molecular formula is C10H24NPS. The van der Waals surface area contributed by atoms with Gasteiger partial charge >= 0.3 is 0 Å².